The highest BCUT2D eigenvalue weighted by molar-refractivity contribution is 7.09. The van der Waals surface area contributed by atoms with Crippen LogP contribution >= 0.6 is 11.3 Å². The summed E-state index contributed by atoms with van der Waals surface area (Å²) in [5.41, 5.74) is 0.960. The zero-order chi connectivity index (χ0) is 26.3. The number of aliphatic hydroxyl groups is 3. The van der Waals surface area contributed by atoms with E-state index in [1.54, 1.807) is 26.8 Å². The zero-order valence-electron chi connectivity index (χ0n) is 21.5. The monoisotopic (exact) mass is 505 g/mol. The van der Waals surface area contributed by atoms with Gasteiger partial charge in [-0.2, -0.15) is 0 Å². The standard InChI is InChI=1S/C27H39NO6S/c1-16-8-7-9-20(14-29)10-11-22(17(2)12-21-15-35-19(4)28-21)34-24(31)13-23(30)27(5,6)26(33)18(3)25(16)32/h7,9-10,12,15-16,18,22-23,25,29-30,32H,8,11,13-14H2,1-6H3/b9-7+,17-12+,20-10-/t16-,18+,22-,23-,25-/m0/s1. The number of esters is 1. The second-order valence-corrected chi connectivity index (χ2v) is 11.1. The van der Waals surface area contributed by atoms with E-state index in [9.17, 15) is 24.9 Å². The number of Topliss-reactive ketones (excluding diaryl/α,β-unsaturated/α-hetero) is 1. The van der Waals surface area contributed by atoms with Gasteiger partial charge in [0.05, 0.1) is 41.4 Å². The minimum absolute atomic E-state index is 0.191. The van der Waals surface area contributed by atoms with Gasteiger partial charge in [0.15, 0.2) is 0 Å². The minimum Gasteiger partial charge on any atom is -0.457 e. The van der Waals surface area contributed by atoms with Gasteiger partial charge in [-0.3, -0.25) is 9.59 Å². The van der Waals surface area contributed by atoms with Crippen molar-refractivity contribution < 1.29 is 29.6 Å². The van der Waals surface area contributed by atoms with E-state index in [1.807, 2.05) is 44.4 Å². The Morgan fingerprint density at radius 3 is 2.54 bits per heavy atom. The van der Waals surface area contributed by atoms with E-state index < -0.39 is 35.6 Å². The average Bonchev–Trinajstić information content (AvgIpc) is 3.21. The average molecular weight is 506 g/mol. The van der Waals surface area contributed by atoms with Crippen molar-refractivity contribution in [3.05, 3.63) is 45.5 Å². The van der Waals surface area contributed by atoms with Crippen LogP contribution in [-0.4, -0.2) is 57.0 Å². The predicted molar refractivity (Wildman–Crippen MR) is 138 cm³/mol. The van der Waals surface area contributed by atoms with E-state index in [1.165, 1.54) is 11.3 Å². The summed E-state index contributed by atoms with van der Waals surface area (Å²) >= 11 is 1.52. The van der Waals surface area contributed by atoms with Gasteiger partial charge >= 0.3 is 5.97 Å². The van der Waals surface area contributed by atoms with Crippen LogP contribution < -0.4 is 0 Å². The first kappa shape index (κ1) is 29.1. The van der Waals surface area contributed by atoms with Gasteiger partial charge in [-0.25, -0.2) is 4.98 Å². The number of rotatable bonds is 3. The number of aryl methyl sites for hydroxylation is 1. The van der Waals surface area contributed by atoms with Crippen molar-refractivity contribution in [2.24, 2.45) is 17.3 Å². The zero-order valence-corrected chi connectivity index (χ0v) is 22.3. The van der Waals surface area contributed by atoms with Gasteiger partial charge < -0.3 is 20.1 Å². The number of nitrogens with zero attached hydrogens (tertiary/aromatic N) is 1. The fourth-order valence-electron chi connectivity index (χ4n) is 4.14. The summed E-state index contributed by atoms with van der Waals surface area (Å²) in [5, 5.41) is 34.2. The molecular weight excluding hydrogens is 466 g/mol. The van der Waals surface area contributed by atoms with E-state index in [0.29, 0.717) is 18.4 Å². The largest absolute Gasteiger partial charge is 0.457 e. The third kappa shape index (κ3) is 7.93. The van der Waals surface area contributed by atoms with Gasteiger partial charge in [-0.05, 0) is 43.4 Å². The lowest BCUT2D eigenvalue weighted by atomic mass is 9.73. The molecule has 1 aromatic heterocycles. The van der Waals surface area contributed by atoms with Gasteiger partial charge in [-0.15, -0.1) is 11.3 Å². The van der Waals surface area contributed by atoms with Crippen LogP contribution in [0.2, 0.25) is 0 Å². The highest BCUT2D eigenvalue weighted by atomic mass is 32.1. The molecule has 2 heterocycles. The van der Waals surface area contributed by atoms with Crippen LogP contribution in [0.25, 0.3) is 6.08 Å². The van der Waals surface area contributed by atoms with Crippen LogP contribution in [-0.2, 0) is 14.3 Å². The smallest absolute Gasteiger partial charge is 0.309 e. The van der Waals surface area contributed by atoms with Crippen LogP contribution in [0.3, 0.4) is 0 Å². The molecule has 5 atom stereocenters. The molecule has 194 valence electrons. The van der Waals surface area contributed by atoms with Crippen molar-refractivity contribution >= 4 is 29.2 Å². The molecule has 2 rings (SSSR count). The van der Waals surface area contributed by atoms with Gasteiger partial charge in [0.1, 0.15) is 11.9 Å². The van der Waals surface area contributed by atoms with E-state index in [2.05, 4.69) is 4.98 Å². The lowest BCUT2D eigenvalue weighted by Crippen LogP contribution is -2.45. The van der Waals surface area contributed by atoms with Crippen LogP contribution in [0.4, 0.5) is 0 Å². The normalized spacial score (nSPS) is 32.0. The molecule has 1 aliphatic heterocycles. The molecular formula is C27H39NO6S. The number of thiazole rings is 1. The second kappa shape index (κ2) is 12.7. The number of hydrogen-bond acceptors (Lipinski definition) is 8. The van der Waals surface area contributed by atoms with Crippen molar-refractivity contribution in [1.82, 2.24) is 4.98 Å². The Kier molecular flexibility index (Phi) is 10.6. The van der Waals surface area contributed by atoms with Crippen molar-refractivity contribution in [2.75, 3.05) is 6.61 Å². The van der Waals surface area contributed by atoms with Crippen molar-refractivity contribution in [2.45, 2.75) is 79.1 Å². The Bertz CT molecular complexity index is 976. The van der Waals surface area contributed by atoms with Crippen LogP contribution in [0.1, 0.15) is 64.6 Å². The highest BCUT2D eigenvalue weighted by Crippen LogP contribution is 2.32. The Morgan fingerprint density at radius 2 is 1.94 bits per heavy atom. The number of ether oxygens (including phenoxy) is 1. The van der Waals surface area contributed by atoms with Crippen molar-refractivity contribution in [1.29, 1.82) is 0 Å². The molecule has 0 amide bonds. The Morgan fingerprint density at radius 1 is 1.26 bits per heavy atom. The number of cyclic esters (lactones) is 1. The number of aliphatic hydroxyl groups excluding tert-OH is 3. The first-order valence-electron chi connectivity index (χ1n) is 12.0. The lowest BCUT2D eigenvalue weighted by molar-refractivity contribution is -0.154. The maximum Gasteiger partial charge on any atom is 0.309 e. The third-order valence-corrected chi connectivity index (χ3v) is 7.54. The molecule has 0 saturated heterocycles. The maximum atomic E-state index is 13.2. The maximum absolute atomic E-state index is 13.2. The SMILES string of the molecule is C/C(=C\c1csc(C)n1)[C@@H]1C/C=C(CO)/C=C/C[C@H](C)[C@H](O)[C@@H](C)C(=O)C(C)(C)[C@@H](O)CC(=O)O1. The molecule has 35 heavy (non-hydrogen) atoms. The molecule has 0 radical (unpaired) electrons. The highest BCUT2D eigenvalue weighted by Gasteiger charge is 2.42. The number of ketones is 1. The van der Waals surface area contributed by atoms with Crippen LogP contribution in [0.15, 0.2) is 34.8 Å². The number of allylic oxidation sites excluding steroid dienone is 1. The van der Waals surface area contributed by atoms with E-state index in [0.717, 1.165) is 16.3 Å². The molecule has 7 nitrogen and oxygen atoms in total. The Hall–Kier alpha value is -2.13. The van der Waals surface area contributed by atoms with Crippen LogP contribution in [0.5, 0.6) is 0 Å². The Labute approximate surface area is 212 Å². The third-order valence-electron chi connectivity index (χ3n) is 6.75. The molecule has 0 bridgehead atoms. The molecule has 0 spiro atoms. The van der Waals surface area contributed by atoms with Crippen molar-refractivity contribution in [3.63, 3.8) is 0 Å². The summed E-state index contributed by atoms with van der Waals surface area (Å²) in [5.74, 6) is -1.88. The molecule has 0 aromatic carbocycles. The number of aromatic nitrogens is 1. The van der Waals surface area contributed by atoms with E-state index in [-0.39, 0.29) is 24.7 Å². The number of carbonyl (C=O) groups excluding carboxylic acids is 2. The predicted octanol–water partition coefficient (Wildman–Crippen LogP) is 4.01. The first-order valence-corrected chi connectivity index (χ1v) is 12.9. The van der Waals surface area contributed by atoms with Crippen molar-refractivity contribution in [3.8, 4) is 0 Å². The first-order chi connectivity index (χ1) is 16.4. The molecule has 3 N–H and O–H groups in total. The summed E-state index contributed by atoms with van der Waals surface area (Å²) in [6, 6.07) is 0. The Balaban J connectivity index is 2.41. The summed E-state index contributed by atoms with van der Waals surface area (Å²) in [6.45, 7) is 10.3. The molecule has 0 fully saturated rings. The quantitative estimate of drug-likeness (QED) is 0.531. The molecule has 0 saturated carbocycles. The second-order valence-electron chi connectivity index (χ2n) is 10.0. The summed E-state index contributed by atoms with van der Waals surface area (Å²) in [6.07, 6.45) is 5.00. The number of carbonyl (C=O) groups is 2. The van der Waals surface area contributed by atoms with Gasteiger partial charge in [0, 0.05) is 17.7 Å². The lowest BCUT2D eigenvalue weighted by Gasteiger charge is -2.34. The van der Waals surface area contributed by atoms with Gasteiger partial charge in [0.2, 0.25) is 0 Å². The molecule has 0 unspecified atom stereocenters. The number of hydrogen-bond donors (Lipinski definition) is 3. The molecule has 1 aromatic rings. The topological polar surface area (TPSA) is 117 Å². The van der Waals surface area contributed by atoms with E-state index in [4.69, 9.17) is 4.74 Å². The van der Waals surface area contributed by atoms with E-state index >= 15 is 0 Å². The van der Waals surface area contributed by atoms with Gasteiger partial charge in [-0.1, -0.05) is 45.9 Å². The fourth-order valence-corrected chi connectivity index (χ4v) is 4.71. The molecule has 1 aliphatic rings. The summed E-state index contributed by atoms with van der Waals surface area (Å²) in [7, 11) is 0. The fraction of sp³-hybridized carbons (Fsp3) is 0.593. The molecule has 0 aliphatic carbocycles. The summed E-state index contributed by atoms with van der Waals surface area (Å²) in [4.78, 5) is 30.4. The van der Waals surface area contributed by atoms with Crippen LogP contribution in [0, 0.1) is 24.2 Å². The minimum atomic E-state index is -1.27. The molecule has 8 heteroatoms. The van der Waals surface area contributed by atoms with Gasteiger partial charge in [0.25, 0.3) is 0 Å². The summed E-state index contributed by atoms with van der Waals surface area (Å²) < 4.78 is 5.75.